The lowest BCUT2D eigenvalue weighted by atomic mass is 10.2. The van der Waals surface area contributed by atoms with E-state index in [1.54, 1.807) is 12.1 Å². The molecule has 0 saturated heterocycles. The Balaban J connectivity index is 2.72. The highest BCUT2D eigenvalue weighted by atomic mass is 32.1. The average molecular weight is 213 g/mol. The van der Waals surface area contributed by atoms with E-state index in [-0.39, 0.29) is 16.9 Å². The Morgan fingerprint density at radius 1 is 1.64 bits per heavy atom. The second kappa shape index (κ2) is 4.91. The van der Waals surface area contributed by atoms with Crippen LogP contribution in [0.3, 0.4) is 0 Å². The van der Waals surface area contributed by atoms with Crippen molar-refractivity contribution in [2.45, 2.75) is 19.4 Å². The topological polar surface area (TPSA) is 35.2 Å². The van der Waals surface area contributed by atoms with E-state index in [1.165, 1.54) is 12.1 Å². The van der Waals surface area contributed by atoms with E-state index in [1.807, 2.05) is 6.92 Å². The van der Waals surface area contributed by atoms with E-state index >= 15 is 0 Å². The third-order valence-corrected chi connectivity index (χ3v) is 2.03. The fourth-order valence-corrected chi connectivity index (χ4v) is 1.26. The first-order valence-corrected chi connectivity index (χ1v) is 4.76. The third kappa shape index (κ3) is 2.96. The fourth-order valence-electron chi connectivity index (χ4n) is 1.05. The molecule has 0 saturated carbocycles. The summed E-state index contributed by atoms with van der Waals surface area (Å²) in [4.78, 5) is 0.289. The van der Waals surface area contributed by atoms with Gasteiger partial charge in [0.1, 0.15) is 22.7 Å². The molecule has 0 heterocycles. The number of rotatable bonds is 4. The maximum Gasteiger partial charge on any atom is 0.148 e. The highest BCUT2D eigenvalue weighted by Gasteiger charge is 2.10. The summed E-state index contributed by atoms with van der Waals surface area (Å²) in [6, 6.07) is 5.91. The molecule has 0 fully saturated rings. The minimum atomic E-state index is -0.333. The first kappa shape index (κ1) is 10.9. The molecule has 2 nitrogen and oxygen atoms in total. The number of nitrogens with two attached hydrogens (primary N) is 1. The van der Waals surface area contributed by atoms with Gasteiger partial charge in [0, 0.05) is 6.07 Å². The summed E-state index contributed by atoms with van der Waals surface area (Å²) >= 11 is 4.81. The van der Waals surface area contributed by atoms with Crippen molar-refractivity contribution >= 4 is 17.2 Å². The maximum atomic E-state index is 12.8. The molecule has 0 bridgehead atoms. The Morgan fingerprint density at radius 3 is 2.86 bits per heavy atom. The summed E-state index contributed by atoms with van der Waals surface area (Å²) in [5.74, 6) is 0.116. The van der Waals surface area contributed by atoms with Gasteiger partial charge in [-0.15, -0.1) is 0 Å². The van der Waals surface area contributed by atoms with Crippen molar-refractivity contribution in [2.75, 3.05) is 0 Å². The van der Waals surface area contributed by atoms with E-state index in [0.717, 1.165) is 0 Å². The van der Waals surface area contributed by atoms with E-state index in [4.69, 9.17) is 22.7 Å². The molecule has 0 aliphatic carbocycles. The van der Waals surface area contributed by atoms with E-state index in [9.17, 15) is 4.39 Å². The van der Waals surface area contributed by atoms with Gasteiger partial charge in [0.15, 0.2) is 0 Å². The minimum Gasteiger partial charge on any atom is -0.483 e. The quantitative estimate of drug-likeness (QED) is 0.779. The van der Waals surface area contributed by atoms with Crippen LogP contribution in [0, 0.1) is 5.82 Å². The normalized spacial score (nSPS) is 12.1. The van der Waals surface area contributed by atoms with Crippen molar-refractivity contribution in [2.24, 2.45) is 5.73 Å². The molecule has 76 valence electrons. The Labute approximate surface area is 87.9 Å². The van der Waals surface area contributed by atoms with Crippen LogP contribution in [0.1, 0.15) is 13.3 Å². The first-order chi connectivity index (χ1) is 6.63. The highest BCUT2D eigenvalue weighted by molar-refractivity contribution is 7.80. The third-order valence-electron chi connectivity index (χ3n) is 1.76. The van der Waals surface area contributed by atoms with Crippen LogP contribution < -0.4 is 10.5 Å². The Hall–Kier alpha value is -1.16. The van der Waals surface area contributed by atoms with Crippen molar-refractivity contribution in [3.05, 3.63) is 30.1 Å². The molecular formula is C10H12FNOS. The number of thiocarbonyl (C=S) groups is 1. The summed E-state index contributed by atoms with van der Waals surface area (Å²) in [6.45, 7) is 1.91. The summed E-state index contributed by atoms with van der Waals surface area (Å²) in [5, 5.41) is 0. The lowest BCUT2D eigenvalue weighted by Crippen LogP contribution is -2.31. The molecule has 1 atom stereocenters. The Kier molecular flexibility index (Phi) is 3.83. The molecule has 0 spiro atoms. The van der Waals surface area contributed by atoms with Crippen LogP contribution >= 0.6 is 12.2 Å². The molecule has 1 aromatic rings. The largest absolute Gasteiger partial charge is 0.483 e. The van der Waals surface area contributed by atoms with Crippen molar-refractivity contribution in [3.8, 4) is 5.75 Å². The fraction of sp³-hybridized carbons (Fsp3) is 0.300. The van der Waals surface area contributed by atoms with Gasteiger partial charge in [-0.1, -0.05) is 25.2 Å². The standard InChI is InChI=1S/C10H12FNOS/c1-2-9(10(12)14)13-8-5-3-4-7(11)6-8/h3-6,9H,2H2,1H3,(H2,12,14). The van der Waals surface area contributed by atoms with E-state index < -0.39 is 0 Å². The molecule has 2 N–H and O–H groups in total. The summed E-state index contributed by atoms with van der Waals surface area (Å²) in [6.07, 6.45) is 0.345. The first-order valence-electron chi connectivity index (χ1n) is 4.35. The van der Waals surface area contributed by atoms with Gasteiger partial charge in [0.2, 0.25) is 0 Å². The molecule has 0 amide bonds. The average Bonchev–Trinajstić information content (AvgIpc) is 2.14. The van der Waals surface area contributed by atoms with E-state index in [2.05, 4.69) is 0 Å². The number of hydrogen-bond acceptors (Lipinski definition) is 2. The maximum absolute atomic E-state index is 12.8. The van der Waals surface area contributed by atoms with Crippen LogP contribution in [0.5, 0.6) is 5.75 Å². The second-order valence-corrected chi connectivity index (χ2v) is 3.35. The van der Waals surface area contributed by atoms with Crippen LogP contribution in [-0.4, -0.2) is 11.1 Å². The molecule has 0 aromatic heterocycles. The smallest absolute Gasteiger partial charge is 0.148 e. The molecule has 1 unspecified atom stereocenters. The number of ether oxygens (including phenoxy) is 1. The summed E-state index contributed by atoms with van der Waals surface area (Å²) in [7, 11) is 0. The summed E-state index contributed by atoms with van der Waals surface area (Å²) < 4.78 is 18.2. The van der Waals surface area contributed by atoms with Crippen LogP contribution in [-0.2, 0) is 0 Å². The Bertz CT molecular complexity index is 330. The van der Waals surface area contributed by atoms with Crippen LogP contribution in [0.15, 0.2) is 24.3 Å². The zero-order valence-electron chi connectivity index (χ0n) is 7.87. The molecule has 1 rings (SSSR count). The van der Waals surface area contributed by atoms with Crippen molar-refractivity contribution in [1.29, 1.82) is 0 Å². The molecule has 0 aliphatic heterocycles. The molecule has 4 heteroatoms. The van der Waals surface area contributed by atoms with Crippen LogP contribution in [0.4, 0.5) is 4.39 Å². The molecule has 0 aliphatic rings. The zero-order valence-corrected chi connectivity index (χ0v) is 8.68. The van der Waals surface area contributed by atoms with Crippen molar-refractivity contribution in [1.82, 2.24) is 0 Å². The molecule has 14 heavy (non-hydrogen) atoms. The van der Waals surface area contributed by atoms with Gasteiger partial charge in [-0.05, 0) is 18.6 Å². The van der Waals surface area contributed by atoms with Gasteiger partial charge >= 0.3 is 0 Å². The summed E-state index contributed by atoms with van der Waals surface area (Å²) in [5.41, 5.74) is 5.45. The number of hydrogen-bond donors (Lipinski definition) is 1. The zero-order chi connectivity index (χ0) is 10.6. The SMILES string of the molecule is CCC(Oc1cccc(F)c1)C(N)=S. The predicted octanol–water partition coefficient (Wildman–Crippen LogP) is 2.27. The Morgan fingerprint density at radius 2 is 2.36 bits per heavy atom. The number of halogens is 1. The minimum absolute atomic E-state index is 0.289. The van der Waals surface area contributed by atoms with Gasteiger partial charge in [0.05, 0.1) is 0 Å². The van der Waals surface area contributed by atoms with Gasteiger partial charge in [0.25, 0.3) is 0 Å². The predicted molar refractivity (Wildman–Crippen MR) is 57.9 cm³/mol. The lowest BCUT2D eigenvalue weighted by Gasteiger charge is -2.15. The van der Waals surface area contributed by atoms with Crippen molar-refractivity contribution < 1.29 is 9.13 Å². The monoisotopic (exact) mass is 213 g/mol. The van der Waals surface area contributed by atoms with E-state index in [0.29, 0.717) is 12.2 Å². The van der Waals surface area contributed by atoms with Gasteiger partial charge in [-0.25, -0.2) is 4.39 Å². The highest BCUT2D eigenvalue weighted by Crippen LogP contribution is 2.14. The molecule has 0 radical (unpaired) electrons. The second-order valence-electron chi connectivity index (χ2n) is 2.87. The molecular weight excluding hydrogens is 201 g/mol. The van der Waals surface area contributed by atoms with Crippen molar-refractivity contribution in [3.63, 3.8) is 0 Å². The van der Waals surface area contributed by atoms with Crippen LogP contribution in [0.25, 0.3) is 0 Å². The van der Waals surface area contributed by atoms with Gasteiger partial charge in [-0.3, -0.25) is 0 Å². The molecule has 1 aromatic carbocycles. The van der Waals surface area contributed by atoms with Crippen LogP contribution in [0.2, 0.25) is 0 Å². The van der Waals surface area contributed by atoms with Gasteiger partial charge in [-0.2, -0.15) is 0 Å². The lowest BCUT2D eigenvalue weighted by molar-refractivity contribution is 0.263. The van der Waals surface area contributed by atoms with Gasteiger partial charge < -0.3 is 10.5 Å². The number of benzene rings is 1.